The Morgan fingerprint density at radius 3 is 2.58 bits per heavy atom. The molecule has 11 heteroatoms. The summed E-state index contributed by atoms with van der Waals surface area (Å²) in [5.41, 5.74) is 2.79. The zero-order valence-corrected chi connectivity index (χ0v) is 21.2. The number of imide groups is 1. The molecule has 0 radical (unpaired) electrons. The lowest BCUT2D eigenvalue weighted by Crippen LogP contribution is -2.33. The summed E-state index contributed by atoms with van der Waals surface area (Å²) in [6, 6.07) is 6.87. The van der Waals surface area contributed by atoms with Gasteiger partial charge in [0.2, 0.25) is 0 Å². The standard InChI is InChI=1S/C25H32N6O5/c1-16-21(17(2)36-29-16)13-27-12-20(10-26)31-22(32)15-30(24(31)34)14-19-8-6-7-18(9-19)11-28-23(33)35-25(3,4)5/h6-10,12,26-27H,11,13-15H2,1-5H3,(H,28,33)/b20-12+,26-10?. The Bertz CT molecular complexity index is 1160. The molecule has 0 bridgehead atoms. The van der Waals surface area contributed by atoms with Gasteiger partial charge in [0.15, 0.2) is 0 Å². The Morgan fingerprint density at radius 1 is 1.22 bits per heavy atom. The first-order valence-corrected chi connectivity index (χ1v) is 11.5. The van der Waals surface area contributed by atoms with Gasteiger partial charge in [0.25, 0.3) is 5.91 Å². The predicted octanol–water partition coefficient (Wildman–Crippen LogP) is 3.36. The molecule has 192 valence electrons. The topological polar surface area (TPSA) is 141 Å². The first-order chi connectivity index (χ1) is 17.0. The predicted molar refractivity (Wildman–Crippen MR) is 132 cm³/mol. The zero-order valence-electron chi connectivity index (χ0n) is 21.2. The number of nitrogens with one attached hydrogen (secondary N) is 3. The van der Waals surface area contributed by atoms with Crippen LogP contribution in [-0.4, -0.2) is 51.3 Å². The van der Waals surface area contributed by atoms with Crippen LogP contribution in [0.5, 0.6) is 0 Å². The van der Waals surface area contributed by atoms with Crippen LogP contribution in [0.4, 0.5) is 9.59 Å². The van der Waals surface area contributed by atoms with E-state index >= 15 is 0 Å². The largest absolute Gasteiger partial charge is 0.444 e. The van der Waals surface area contributed by atoms with E-state index in [0.717, 1.165) is 33.5 Å². The molecule has 0 atom stereocenters. The third-order valence-electron chi connectivity index (χ3n) is 5.35. The highest BCUT2D eigenvalue weighted by Crippen LogP contribution is 2.19. The van der Waals surface area contributed by atoms with Crippen molar-refractivity contribution in [2.75, 3.05) is 6.54 Å². The fourth-order valence-corrected chi connectivity index (χ4v) is 3.66. The minimum absolute atomic E-state index is 0.103. The number of rotatable bonds is 9. The van der Waals surface area contributed by atoms with Gasteiger partial charge in [-0.2, -0.15) is 0 Å². The van der Waals surface area contributed by atoms with Crippen molar-refractivity contribution in [3.63, 3.8) is 0 Å². The molecular weight excluding hydrogens is 464 g/mol. The molecule has 1 aromatic heterocycles. The van der Waals surface area contributed by atoms with Crippen molar-refractivity contribution in [1.82, 2.24) is 25.6 Å². The molecule has 3 rings (SSSR count). The highest BCUT2D eigenvalue weighted by atomic mass is 16.6. The molecule has 1 aliphatic rings. The number of aryl methyl sites for hydroxylation is 2. The summed E-state index contributed by atoms with van der Waals surface area (Å²) >= 11 is 0. The average Bonchev–Trinajstić information content (AvgIpc) is 3.26. The first kappa shape index (κ1) is 26.5. The van der Waals surface area contributed by atoms with Crippen LogP contribution in [0.25, 0.3) is 0 Å². The Hall–Kier alpha value is -4.15. The minimum Gasteiger partial charge on any atom is -0.444 e. The van der Waals surface area contributed by atoms with Crippen molar-refractivity contribution in [3.8, 4) is 0 Å². The van der Waals surface area contributed by atoms with E-state index in [0.29, 0.717) is 12.3 Å². The number of aromatic nitrogens is 1. The van der Waals surface area contributed by atoms with Crippen LogP contribution in [0.15, 0.2) is 40.7 Å². The van der Waals surface area contributed by atoms with Crippen LogP contribution in [0.1, 0.15) is 48.9 Å². The lowest BCUT2D eigenvalue weighted by atomic mass is 10.1. The Labute approximate surface area is 210 Å². The van der Waals surface area contributed by atoms with Gasteiger partial charge in [-0.15, -0.1) is 0 Å². The second-order valence-corrected chi connectivity index (χ2v) is 9.44. The van der Waals surface area contributed by atoms with Crippen molar-refractivity contribution >= 4 is 24.2 Å². The maximum absolute atomic E-state index is 13.0. The molecule has 1 saturated heterocycles. The lowest BCUT2D eigenvalue weighted by Gasteiger charge is -2.20. The smallest absolute Gasteiger partial charge is 0.407 e. The van der Waals surface area contributed by atoms with Gasteiger partial charge in [0, 0.05) is 37.6 Å². The molecule has 2 aromatic rings. The summed E-state index contributed by atoms with van der Waals surface area (Å²) in [6.45, 7) is 9.74. The van der Waals surface area contributed by atoms with E-state index in [1.165, 1.54) is 11.1 Å². The summed E-state index contributed by atoms with van der Waals surface area (Å²) in [7, 11) is 0. The van der Waals surface area contributed by atoms with Crippen LogP contribution in [0.2, 0.25) is 0 Å². The maximum atomic E-state index is 13.0. The van der Waals surface area contributed by atoms with Gasteiger partial charge in [0.05, 0.1) is 11.4 Å². The number of alkyl carbamates (subject to hydrolysis) is 1. The SMILES string of the molecule is Cc1noc(C)c1CN/C=C(\C=N)N1C(=O)CN(Cc2cccc(CNC(=O)OC(C)(C)C)c2)C1=O. The molecule has 0 saturated carbocycles. The number of hydrogen-bond donors (Lipinski definition) is 3. The van der Waals surface area contributed by atoms with Crippen molar-refractivity contribution in [2.24, 2.45) is 0 Å². The van der Waals surface area contributed by atoms with Crippen molar-refractivity contribution in [1.29, 1.82) is 5.41 Å². The molecule has 3 N–H and O–H groups in total. The molecule has 0 unspecified atom stereocenters. The number of urea groups is 1. The number of amides is 4. The van der Waals surface area contributed by atoms with Crippen LogP contribution in [0, 0.1) is 19.3 Å². The maximum Gasteiger partial charge on any atom is 0.407 e. The minimum atomic E-state index is -0.589. The van der Waals surface area contributed by atoms with E-state index in [4.69, 9.17) is 14.7 Å². The highest BCUT2D eigenvalue weighted by Gasteiger charge is 2.37. The number of carbonyl (C=O) groups excluding carboxylic acids is 3. The Morgan fingerprint density at radius 2 is 1.94 bits per heavy atom. The summed E-state index contributed by atoms with van der Waals surface area (Å²) in [4.78, 5) is 40.0. The van der Waals surface area contributed by atoms with Crippen LogP contribution in [-0.2, 0) is 29.2 Å². The fourth-order valence-electron chi connectivity index (χ4n) is 3.66. The number of hydrogen-bond acceptors (Lipinski definition) is 8. The van der Waals surface area contributed by atoms with E-state index in [1.807, 2.05) is 31.2 Å². The molecule has 1 fully saturated rings. The monoisotopic (exact) mass is 496 g/mol. The van der Waals surface area contributed by atoms with Gasteiger partial charge in [0.1, 0.15) is 17.9 Å². The van der Waals surface area contributed by atoms with E-state index in [1.54, 1.807) is 27.7 Å². The molecule has 2 heterocycles. The first-order valence-electron chi connectivity index (χ1n) is 11.5. The normalized spacial score (nSPS) is 14.3. The number of benzene rings is 1. The number of ether oxygens (including phenoxy) is 1. The summed E-state index contributed by atoms with van der Waals surface area (Å²) in [6.07, 6.45) is 1.90. The van der Waals surface area contributed by atoms with Crippen LogP contribution < -0.4 is 10.6 Å². The van der Waals surface area contributed by atoms with Gasteiger partial charge in [-0.1, -0.05) is 29.4 Å². The van der Waals surface area contributed by atoms with Crippen molar-refractivity contribution in [3.05, 3.63) is 64.3 Å². The van der Waals surface area contributed by atoms with Gasteiger partial charge in [-0.05, 0) is 45.7 Å². The zero-order chi connectivity index (χ0) is 26.5. The Balaban J connectivity index is 1.62. The number of nitrogens with zero attached hydrogens (tertiary/aromatic N) is 3. The van der Waals surface area contributed by atoms with E-state index in [9.17, 15) is 14.4 Å². The molecule has 36 heavy (non-hydrogen) atoms. The summed E-state index contributed by atoms with van der Waals surface area (Å²) < 4.78 is 10.4. The highest BCUT2D eigenvalue weighted by molar-refractivity contribution is 6.07. The van der Waals surface area contributed by atoms with E-state index < -0.39 is 23.6 Å². The third-order valence-corrected chi connectivity index (χ3v) is 5.35. The molecule has 11 nitrogen and oxygen atoms in total. The summed E-state index contributed by atoms with van der Waals surface area (Å²) in [5, 5.41) is 17.3. The van der Waals surface area contributed by atoms with Gasteiger partial charge in [-0.3, -0.25) is 4.79 Å². The van der Waals surface area contributed by atoms with E-state index in [-0.39, 0.29) is 25.3 Å². The molecule has 0 aliphatic carbocycles. The van der Waals surface area contributed by atoms with E-state index in [2.05, 4.69) is 15.8 Å². The second kappa shape index (κ2) is 11.1. The molecule has 0 spiro atoms. The van der Waals surface area contributed by atoms with Gasteiger partial charge < -0.3 is 30.2 Å². The summed E-state index contributed by atoms with van der Waals surface area (Å²) in [5.74, 6) is 0.254. The molecule has 1 aromatic carbocycles. The van der Waals surface area contributed by atoms with Gasteiger partial charge >= 0.3 is 12.1 Å². The van der Waals surface area contributed by atoms with Crippen LogP contribution in [0.3, 0.4) is 0 Å². The quantitative estimate of drug-likeness (QED) is 0.357. The van der Waals surface area contributed by atoms with Crippen molar-refractivity contribution in [2.45, 2.75) is 59.9 Å². The Kier molecular flexibility index (Phi) is 8.13. The molecule has 4 amide bonds. The van der Waals surface area contributed by atoms with Crippen molar-refractivity contribution < 1.29 is 23.6 Å². The molecular formula is C25H32N6O5. The fraction of sp³-hybridized carbons (Fsp3) is 0.400. The average molecular weight is 497 g/mol. The third kappa shape index (κ3) is 6.71. The van der Waals surface area contributed by atoms with Crippen LogP contribution >= 0.6 is 0 Å². The lowest BCUT2D eigenvalue weighted by molar-refractivity contribution is -0.123. The number of carbonyl (C=O) groups is 3. The second-order valence-electron chi connectivity index (χ2n) is 9.44. The van der Waals surface area contributed by atoms with Gasteiger partial charge in [-0.25, -0.2) is 14.5 Å². The number of allylic oxidation sites excluding steroid dienone is 1. The molecule has 1 aliphatic heterocycles.